The average molecular weight is 334 g/mol. The Bertz CT molecular complexity index is 534. The molecule has 1 aromatic rings. The highest BCUT2D eigenvalue weighted by molar-refractivity contribution is 6.42. The molecule has 1 amide bonds. The van der Waals surface area contributed by atoms with E-state index >= 15 is 0 Å². The molecule has 1 N–H and O–H groups in total. The molecule has 0 aromatic heterocycles. The number of hydrogen-bond donors (Lipinski definition) is 1. The van der Waals surface area contributed by atoms with Crippen molar-refractivity contribution in [3.05, 3.63) is 32.3 Å². The van der Waals surface area contributed by atoms with Crippen molar-refractivity contribution in [1.82, 2.24) is 4.90 Å². The van der Waals surface area contributed by atoms with Crippen molar-refractivity contribution in [1.29, 1.82) is 0 Å². The minimum atomic E-state index is -0.545. The molecule has 0 fully saturated rings. The van der Waals surface area contributed by atoms with Gasteiger partial charge >= 0.3 is 0 Å². The van der Waals surface area contributed by atoms with Crippen LogP contribution in [0.3, 0.4) is 0 Å². The first-order valence-electron chi connectivity index (χ1n) is 6.55. The van der Waals surface area contributed by atoms with Crippen LogP contribution in [0, 0.1) is 10.1 Å². The zero-order valence-electron chi connectivity index (χ0n) is 11.9. The number of rotatable bonds is 7. The van der Waals surface area contributed by atoms with Crippen molar-refractivity contribution in [2.75, 3.05) is 25.0 Å². The second-order valence-electron chi connectivity index (χ2n) is 4.28. The lowest BCUT2D eigenvalue weighted by Gasteiger charge is -2.18. The van der Waals surface area contributed by atoms with Crippen molar-refractivity contribution in [2.45, 2.75) is 20.3 Å². The van der Waals surface area contributed by atoms with Crippen molar-refractivity contribution in [3.8, 4) is 0 Å². The van der Waals surface area contributed by atoms with Gasteiger partial charge in [0.2, 0.25) is 5.91 Å². The zero-order chi connectivity index (χ0) is 16.0. The molecule has 0 heterocycles. The molecule has 8 heteroatoms. The molecule has 0 bridgehead atoms. The monoisotopic (exact) mass is 333 g/mol. The lowest BCUT2D eigenvalue weighted by molar-refractivity contribution is -0.383. The topological polar surface area (TPSA) is 75.5 Å². The molecular formula is C13H17Cl2N3O3. The number of nitrogens with one attached hydrogen (secondary N) is 1. The quantitative estimate of drug-likeness (QED) is 0.611. The van der Waals surface area contributed by atoms with Gasteiger partial charge in [0.25, 0.3) is 5.69 Å². The highest BCUT2D eigenvalue weighted by atomic mass is 35.5. The Morgan fingerprint density at radius 3 is 2.38 bits per heavy atom. The van der Waals surface area contributed by atoms with Gasteiger partial charge in [0.05, 0.1) is 15.0 Å². The summed E-state index contributed by atoms with van der Waals surface area (Å²) in [5.74, 6) is -0.00443. The molecule has 0 aliphatic carbocycles. The first-order valence-corrected chi connectivity index (χ1v) is 7.31. The number of benzene rings is 1. The number of nitro benzene ring substituents is 1. The Morgan fingerprint density at radius 2 is 1.86 bits per heavy atom. The molecule has 0 spiro atoms. The summed E-state index contributed by atoms with van der Waals surface area (Å²) in [4.78, 5) is 24.0. The number of carbonyl (C=O) groups excluding carboxylic acids is 1. The summed E-state index contributed by atoms with van der Waals surface area (Å²) in [5.41, 5.74) is 0.0847. The number of nitro groups is 1. The summed E-state index contributed by atoms with van der Waals surface area (Å²) < 4.78 is 0. The fourth-order valence-corrected chi connectivity index (χ4v) is 2.19. The van der Waals surface area contributed by atoms with E-state index in [9.17, 15) is 14.9 Å². The zero-order valence-corrected chi connectivity index (χ0v) is 13.4. The fraction of sp³-hybridized carbons (Fsp3) is 0.462. The summed E-state index contributed by atoms with van der Waals surface area (Å²) >= 11 is 11.6. The summed E-state index contributed by atoms with van der Waals surface area (Å²) in [6.07, 6.45) is 0.249. The van der Waals surface area contributed by atoms with E-state index in [1.807, 2.05) is 13.8 Å². The highest BCUT2D eigenvalue weighted by Crippen LogP contribution is 2.33. The van der Waals surface area contributed by atoms with Gasteiger partial charge in [0.15, 0.2) is 0 Å². The Balaban J connectivity index is 2.73. The van der Waals surface area contributed by atoms with E-state index in [1.165, 1.54) is 12.1 Å². The van der Waals surface area contributed by atoms with E-state index in [0.717, 1.165) is 0 Å². The van der Waals surface area contributed by atoms with E-state index in [2.05, 4.69) is 5.32 Å². The Hall–Kier alpha value is -1.53. The average Bonchev–Trinajstić information content (AvgIpc) is 2.43. The summed E-state index contributed by atoms with van der Waals surface area (Å²) in [7, 11) is 0. The van der Waals surface area contributed by atoms with Crippen LogP contribution in [0.15, 0.2) is 12.1 Å². The number of nitrogens with zero attached hydrogens (tertiary/aromatic N) is 2. The van der Waals surface area contributed by atoms with E-state index in [4.69, 9.17) is 23.2 Å². The summed E-state index contributed by atoms with van der Waals surface area (Å²) in [6.45, 7) is 5.37. The van der Waals surface area contributed by atoms with E-state index in [0.29, 0.717) is 13.1 Å². The van der Waals surface area contributed by atoms with Gasteiger partial charge in [-0.15, -0.1) is 0 Å². The molecule has 0 aliphatic heterocycles. The normalized spacial score (nSPS) is 10.3. The third-order valence-corrected chi connectivity index (χ3v) is 3.73. The van der Waals surface area contributed by atoms with Gasteiger partial charge < -0.3 is 10.2 Å². The Kier molecular flexibility index (Phi) is 6.71. The number of carbonyl (C=O) groups is 1. The molecule has 0 saturated carbocycles. The van der Waals surface area contributed by atoms with Gasteiger partial charge in [-0.2, -0.15) is 0 Å². The summed E-state index contributed by atoms with van der Waals surface area (Å²) in [5, 5.41) is 14.2. The van der Waals surface area contributed by atoms with Crippen molar-refractivity contribution >= 4 is 40.5 Å². The van der Waals surface area contributed by atoms with Gasteiger partial charge in [0.1, 0.15) is 5.69 Å². The number of halogens is 2. The Morgan fingerprint density at radius 1 is 1.29 bits per heavy atom. The first kappa shape index (κ1) is 17.5. The van der Waals surface area contributed by atoms with Crippen LogP contribution >= 0.6 is 23.2 Å². The number of amides is 1. The molecule has 6 nitrogen and oxygen atoms in total. The van der Waals surface area contributed by atoms with Gasteiger partial charge in [-0.25, -0.2) is 0 Å². The maximum Gasteiger partial charge on any atom is 0.293 e. The van der Waals surface area contributed by atoms with Crippen LogP contribution < -0.4 is 5.32 Å². The van der Waals surface area contributed by atoms with E-state index in [1.54, 1.807) is 4.90 Å². The van der Waals surface area contributed by atoms with Crippen LogP contribution in [0.1, 0.15) is 20.3 Å². The van der Waals surface area contributed by atoms with Crippen molar-refractivity contribution in [2.24, 2.45) is 0 Å². The largest absolute Gasteiger partial charge is 0.379 e. The van der Waals surface area contributed by atoms with Gasteiger partial charge in [-0.1, -0.05) is 23.2 Å². The maximum atomic E-state index is 11.8. The minimum absolute atomic E-state index is 0.00443. The van der Waals surface area contributed by atoms with Gasteiger partial charge in [-0.05, 0) is 19.9 Å². The third kappa shape index (κ3) is 4.75. The fourth-order valence-electron chi connectivity index (χ4n) is 1.87. The maximum absolute atomic E-state index is 11.8. The van der Waals surface area contributed by atoms with E-state index in [-0.39, 0.29) is 40.3 Å². The number of hydrogen-bond acceptors (Lipinski definition) is 4. The minimum Gasteiger partial charge on any atom is -0.379 e. The Labute approximate surface area is 133 Å². The first-order chi connectivity index (χ1) is 9.90. The molecule has 0 saturated heterocycles. The SMILES string of the molecule is CCN(CC)C(=O)CCNc1cc(Cl)c(Cl)cc1[N+](=O)[O-]. The smallest absolute Gasteiger partial charge is 0.293 e. The third-order valence-electron chi connectivity index (χ3n) is 3.01. The highest BCUT2D eigenvalue weighted by Gasteiger charge is 2.17. The second-order valence-corrected chi connectivity index (χ2v) is 5.10. The van der Waals surface area contributed by atoms with Crippen molar-refractivity contribution in [3.63, 3.8) is 0 Å². The van der Waals surface area contributed by atoms with Crippen LogP contribution in [-0.4, -0.2) is 35.4 Å². The predicted octanol–water partition coefficient (Wildman–Crippen LogP) is 3.57. The lowest BCUT2D eigenvalue weighted by Crippen LogP contribution is -2.31. The second kappa shape index (κ2) is 8.05. The van der Waals surface area contributed by atoms with Crippen LogP contribution in [0.2, 0.25) is 10.0 Å². The van der Waals surface area contributed by atoms with Crippen LogP contribution in [0.5, 0.6) is 0 Å². The van der Waals surface area contributed by atoms with Crippen molar-refractivity contribution < 1.29 is 9.72 Å². The van der Waals surface area contributed by atoms with Crippen LogP contribution in [0.25, 0.3) is 0 Å². The van der Waals surface area contributed by atoms with E-state index < -0.39 is 4.92 Å². The summed E-state index contributed by atoms with van der Waals surface area (Å²) in [6, 6.07) is 2.59. The molecule has 0 atom stereocenters. The molecule has 0 radical (unpaired) electrons. The van der Waals surface area contributed by atoms with Crippen LogP contribution in [0.4, 0.5) is 11.4 Å². The van der Waals surface area contributed by atoms with Gasteiger partial charge in [-0.3, -0.25) is 14.9 Å². The molecule has 1 rings (SSSR count). The predicted molar refractivity (Wildman–Crippen MR) is 84.2 cm³/mol. The molecule has 0 unspecified atom stereocenters. The number of anilines is 1. The van der Waals surface area contributed by atoms with Gasteiger partial charge in [0, 0.05) is 32.1 Å². The molecular weight excluding hydrogens is 317 g/mol. The molecule has 21 heavy (non-hydrogen) atoms. The molecule has 116 valence electrons. The van der Waals surface area contributed by atoms with Crippen LogP contribution in [-0.2, 0) is 4.79 Å². The standard InChI is InChI=1S/C13H17Cl2N3O3/c1-3-17(4-2)13(19)5-6-16-11-7-9(14)10(15)8-12(11)18(20)21/h7-8,16H,3-6H2,1-2H3. The molecule has 0 aliphatic rings. The molecule has 1 aromatic carbocycles. The lowest BCUT2D eigenvalue weighted by atomic mass is 10.2.